The standard InChI is InChI=1S/C21H22N4O/c1-2-16(20(26)24-21(22)23)12-17-14-25(13-15-8-4-3-5-9-15)19-11-7-6-10-18(17)19/h3-12,14H,2,13H2,1H3,(H4,22,23,24,26)/b16-12+. The van der Waals surface area contributed by atoms with E-state index in [4.69, 9.17) is 11.5 Å². The monoisotopic (exact) mass is 346 g/mol. The van der Waals surface area contributed by atoms with Crippen molar-refractivity contribution in [2.45, 2.75) is 19.9 Å². The number of nitrogens with two attached hydrogens (primary N) is 2. The number of rotatable bonds is 5. The highest BCUT2D eigenvalue weighted by Crippen LogP contribution is 2.25. The normalized spacial score (nSPS) is 11.5. The lowest BCUT2D eigenvalue weighted by Crippen LogP contribution is -2.24. The van der Waals surface area contributed by atoms with Crippen LogP contribution in [0.3, 0.4) is 0 Å². The average molecular weight is 346 g/mol. The predicted octanol–water partition coefficient (Wildman–Crippen LogP) is 3.28. The lowest BCUT2D eigenvalue weighted by atomic mass is 10.1. The number of fused-ring (bicyclic) bond motifs is 1. The molecule has 0 aliphatic rings. The molecule has 0 atom stereocenters. The van der Waals surface area contributed by atoms with Crippen LogP contribution >= 0.6 is 0 Å². The van der Waals surface area contributed by atoms with Crippen LogP contribution in [0.15, 0.2) is 71.4 Å². The van der Waals surface area contributed by atoms with Crippen molar-refractivity contribution in [1.82, 2.24) is 4.57 Å². The number of aliphatic imine (C=N–C) groups is 1. The van der Waals surface area contributed by atoms with E-state index in [2.05, 4.69) is 40.0 Å². The fourth-order valence-corrected chi connectivity index (χ4v) is 2.99. The van der Waals surface area contributed by atoms with Gasteiger partial charge in [-0.3, -0.25) is 4.79 Å². The van der Waals surface area contributed by atoms with E-state index in [0.717, 1.165) is 23.0 Å². The first kappa shape index (κ1) is 17.5. The molecule has 0 spiro atoms. The van der Waals surface area contributed by atoms with Gasteiger partial charge in [0.15, 0.2) is 5.96 Å². The van der Waals surface area contributed by atoms with Gasteiger partial charge in [-0.2, -0.15) is 4.99 Å². The highest BCUT2D eigenvalue weighted by Gasteiger charge is 2.11. The van der Waals surface area contributed by atoms with Crippen LogP contribution in [0.5, 0.6) is 0 Å². The third-order valence-corrected chi connectivity index (χ3v) is 4.23. The van der Waals surface area contributed by atoms with E-state index in [9.17, 15) is 4.79 Å². The van der Waals surface area contributed by atoms with E-state index in [0.29, 0.717) is 12.0 Å². The summed E-state index contributed by atoms with van der Waals surface area (Å²) in [4.78, 5) is 15.9. The fourth-order valence-electron chi connectivity index (χ4n) is 2.99. The number of aromatic nitrogens is 1. The Balaban J connectivity index is 2.05. The molecule has 3 aromatic rings. The first-order valence-corrected chi connectivity index (χ1v) is 8.54. The van der Waals surface area contributed by atoms with Gasteiger partial charge in [0, 0.05) is 34.8 Å². The van der Waals surface area contributed by atoms with Crippen LogP contribution in [0.25, 0.3) is 17.0 Å². The van der Waals surface area contributed by atoms with Crippen molar-refractivity contribution < 1.29 is 4.79 Å². The topological polar surface area (TPSA) is 86.4 Å². The minimum Gasteiger partial charge on any atom is -0.370 e. The van der Waals surface area contributed by atoms with Crippen LogP contribution in [0.2, 0.25) is 0 Å². The van der Waals surface area contributed by atoms with Gasteiger partial charge >= 0.3 is 0 Å². The largest absolute Gasteiger partial charge is 0.370 e. The molecule has 0 bridgehead atoms. The molecule has 1 amide bonds. The molecule has 1 aromatic heterocycles. The van der Waals surface area contributed by atoms with Crippen LogP contribution in [-0.4, -0.2) is 16.4 Å². The van der Waals surface area contributed by atoms with Crippen LogP contribution in [0.1, 0.15) is 24.5 Å². The average Bonchev–Trinajstić information content (AvgIpc) is 2.97. The van der Waals surface area contributed by atoms with E-state index in [1.807, 2.05) is 43.3 Å². The smallest absolute Gasteiger partial charge is 0.276 e. The van der Waals surface area contributed by atoms with Crippen molar-refractivity contribution in [3.63, 3.8) is 0 Å². The number of benzene rings is 2. The van der Waals surface area contributed by atoms with Gasteiger partial charge in [0.1, 0.15) is 0 Å². The molecule has 0 aliphatic heterocycles. The van der Waals surface area contributed by atoms with Crippen molar-refractivity contribution in [2.75, 3.05) is 0 Å². The van der Waals surface area contributed by atoms with Crippen molar-refractivity contribution in [3.05, 3.63) is 77.5 Å². The summed E-state index contributed by atoms with van der Waals surface area (Å²) in [5.74, 6) is -0.617. The highest BCUT2D eigenvalue weighted by molar-refractivity contribution is 6.05. The highest BCUT2D eigenvalue weighted by atomic mass is 16.1. The Bertz CT molecular complexity index is 980. The first-order valence-electron chi connectivity index (χ1n) is 8.54. The maximum atomic E-state index is 12.2. The molecule has 5 heteroatoms. The van der Waals surface area contributed by atoms with Gasteiger partial charge < -0.3 is 16.0 Å². The van der Waals surface area contributed by atoms with Gasteiger partial charge in [-0.1, -0.05) is 55.5 Å². The van der Waals surface area contributed by atoms with E-state index >= 15 is 0 Å². The molecular weight excluding hydrogens is 324 g/mol. The molecule has 0 unspecified atom stereocenters. The summed E-state index contributed by atoms with van der Waals surface area (Å²) in [6.45, 7) is 2.67. The fraction of sp³-hybridized carbons (Fsp3) is 0.143. The Labute approximate surface area is 152 Å². The van der Waals surface area contributed by atoms with Gasteiger partial charge in [0.2, 0.25) is 0 Å². The molecule has 5 nitrogen and oxygen atoms in total. The Kier molecular flexibility index (Phi) is 5.17. The van der Waals surface area contributed by atoms with Crippen molar-refractivity contribution in [2.24, 2.45) is 16.5 Å². The third-order valence-electron chi connectivity index (χ3n) is 4.23. The number of carbonyl (C=O) groups excluding carboxylic acids is 1. The number of nitrogens with zero attached hydrogens (tertiary/aromatic N) is 2. The summed E-state index contributed by atoms with van der Waals surface area (Å²) in [5, 5.41) is 1.09. The third kappa shape index (κ3) is 3.83. The van der Waals surface area contributed by atoms with Crippen LogP contribution < -0.4 is 11.5 Å². The Hall–Kier alpha value is -3.34. The Morgan fingerprint density at radius 2 is 1.77 bits per heavy atom. The van der Waals surface area contributed by atoms with E-state index in [1.165, 1.54) is 5.56 Å². The van der Waals surface area contributed by atoms with Gasteiger partial charge in [0.05, 0.1) is 0 Å². The molecule has 26 heavy (non-hydrogen) atoms. The second-order valence-electron chi connectivity index (χ2n) is 6.08. The number of hydrogen-bond acceptors (Lipinski definition) is 1. The zero-order valence-corrected chi connectivity index (χ0v) is 14.7. The Morgan fingerprint density at radius 3 is 2.46 bits per heavy atom. The van der Waals surface area contributed by atoms with Crippen molar-refractivity contribution >= 4 is 28.8 Å². The van der Waals surface area contributed by atoms with E-state index in [1.54, 1.807) is 0 Å². The minimum atomic E-state index is -0.396. The van der Waals surface area contributed by atoms with E-state index in [-0.39, 0.29) is 5.96 Å². The lowest BCUT2D eigenvalue weighted by molar-refractivity contribution is -0.114. The maximum Gasteiger partial charge on any atom is 0.276 e. The van der Waals surface area contributed by atoms with E-state index < -0.39 is 5.91 Å². The second kappa shape index (κ2) is 7.70. The molecular formula is C21H22N4O. The number of para-hydroxylation sites is 1. The molecule has 0 fully saturated rings. The quantitative estimate of drug-likeness (QED) is 0.422. The summed E-state index contributed by atoms with van der Waals surface area (Å²) < 4.78 is 2.19. The molecule has 132 valence electrons. The first-order chi connectivity index (χ1) is 12.6. The maximum absolute atomic E-state index is 12.2. The number of hydrogen-bond donors (Lipinski definition) is 2. The summed E-state index contributed by atoms with van der Waals surface area (Å²) in [6.07, 6.45) is 4.49. The Morgan fingerprint density at radius 1 is 1.08 bits per heavy atom. The molecule has 0 aliphatic carbocycles. The van der Waals surface area contributed by atoms with Gasteiger partial charge in [-0.25, -0.2) is 0 Å². The summed E-state index contributed by atoms with van der Waals surface area (Å²) in [5.41, 5.74) is 14.6. The number of carbonyl (C=O) groups is 1. The van der Waals surface area contributed by atoms with Gasteiger partial charge in [-0.05, 0) is 24.1 Å². The molecule has 4 N–H and O–H groups in total. The lowest BCUT2D eigenvalue weighted by Gasteiger charge is -2.05. The summed E-state index contributed by atoms with van der Waals surface area (Å²) in [7, 11) is 0. The van der Waals surface area contributed by atoms with Crippen LogP contribution in [-0.2, 0) is 11.3 Å². The SMILES string of the molecule is CC/C(=C\c1cn(Cc2ccccc2)c2ccccc12)C(=O)N=C(N)N. The molecule has 0 saturated carbocycles. The zero-order valence-electron chi connectivity index (χ0n) is 14.7. The molecule has 2 aromatic carbocycles. The summed E-state index contributed by atoms with van der Waals surface area (Å²) in [6, 6.07) is 18.4. The van der Waals surface area contributed by atoms with Crippen molar-refractivity contribution in [3.8, 4) is 0 Å². The number of amides is 1. The van der Waals surface area contributed by atoms with Gasteiger partial charge in [-0.15, -0.1) is 0 Å². The molecule has 3 rings (SSSR count). The zero-order chi connectivity index (χ0) is 18.5. The van der Waals surface area contributed by atoms with Crippen LogP contribution in [0, 0.1) is 0 Å². The number of guanidine groups is 1. The van der Waals surface area contributed by atoms with Gasteiger partial charge in [0.25, 0.3) is 5.91 Å². The predicted molar refractivity (Wildman–Crippen MR) is 107 cm³/mol. The minimum absolute atomic E-state index is 0.221. The van der Waals surface area contributed by atoms with Crippen LogP contribution in [0.4, 0.5) is 0 Å². The second-order valence-corrected chi connectivity index (χ2v) is 6.08. The summed E-state index contributed by atoms with van der Waals surface area (Å²) >= 11 is 0. The molecule has 0 radical (unpaired) electrons. The molecule has 0 saturated heterocycles. The van der Waals surface area contributed by atoms with Crippen molar-refractivity contribution in [1.29, 1.82) is 0 Å². The molecule has 1 heterocycles.